The van der Waals surface area contributed by atoms with Crippen molar-refractivity contribution < 1.29 is 14.3 Å². The molecule has 110 valence electrons. The summed E-state index contributed by atoms with van der Waals surface area (Å²) in [6.07, 6.45) is 0. The summed E-state index contributed by atoms with van der Waals surface area (Å²) in [5.74, 6) is 0.903. The van der Waals surface area contributed by atoms with Gasteiger partial charge in [0.05, 0.1) is 12.2 Å². The number of hydrogen-bond acceptors (Lipinski definition) is 3. The zero-order chi connectivity index (χ0) is 15.4. The minimum atomic E-state index is -0.377. The van der Waals surface area contributed by atoms with Crippen LogP contribution in [0, 0.1) is 0 Å². The monoisotopic (exact) mass is 292 g/mol. The molecular weight excluding hydrogens is 276 g/mol. The Morgan fingerprint density at radius 3 is 2.27 bits per heavy atom. The first-order valence-corrected chi connectivity index (χ1v) is 7.20. The van der Waals surface area contributed by atoms with Gasteiger partial charge in [-0.3, -0.25) is 0 Å². The third-order valence-electron chi connectivity index (χ3n) is 3.33. The Balaban J connectivity index is 1.77. The van der Waals surface area contributed by atoms with Crippen LogP contribution >= 0.6 is 0 Å². The fraction of sp³-hybridized carbons (Fsp3) is 0.105. The molecule has 0 amide bonds. The molecule has 0 saturated carbocycles. The van der Waals surface area contributed by atoms with Gasteiger partial charge in [-0.25, -0.2) is 4.79 Å². The van der Waals surface area contributed by atoms with Crippen molar-refractivity contribution in [2.45, 2.75) is 6.92 Å². The van der Waals surface area contributed by atoms with Gasteiger partial charge in [-0.15, -0.1) is 0 Å². The molecule has 0 spiro atoms. The van der Waals surface area contributed by atoms with Crippen molar-refractivity contribution in [3.8, 4) is 11.5 Å². The van der Waals surface area contributed by atoms with Crippen LogP contribution in [-0.2, 0) is 0 Å². The molecule has 3 rings (SSSR count). The van der Waals surface area contributed by atoms with Crippen LogP contribution < -0.4 is 9.47 Å². The molecule has 3 heteroatoms. The number of carbonyl (C=O) groups excluding carboxylic acids is 1. The third-order valence-corrected chi connectivity index (χ3v) is 3.33. The molecule has 0 radical (unpaired) electrons. The number of carbonyl (C=O) groups is 1. The second kappa shape index (κ2) is 6.31. The number of hydrogen-bond donors (Lipinski definition) is 0. The molecule has 0 aromatic heterocycles. The predicted octanol–water partition coefficient (Wildman–Crippen LogP) is 4.46. The van der Waals surface area contributed by atoms with Gasteiger partial charge in [-0.05, 0) is 54.1 Å². The van der Waals surface area contributed by atoms with Gasteiger partial charge < -0.3 is 9.47 Å². The van der Waals surface area contributed by atoms with E-state index in [0.29, 0.717) is 17.9 Å². The average molecular weight is 292 g/mol. The van der Waals surface area contributed by atoms with Crippen LogP contribution in [0.5, 0.6) is 11.5 Å². The van der Waals surface area contributed by atoms with Crippen molar-refractivity contribution in [3.63, 3.8) is 0 Å². The Bertz CT molecular complexity index is 791. The number of fused-ring (bicyclic) bond motifs is 1. The molecule has 3 aromatic carbocycles. The first-order chi connectivity index (χ1) is 10.8. The van der Waals surface area contributed by atoms with Crippen LogP contribution in [0.4, 0.5) is 0 Å². The molecule has 3 nitrogen and oxygen atoms in total. The molecule has 0 unspecified atom stereocenters. The molecule has 0 saturated heterocycles. The normalized spacial score (nSPS) is 10.4. The second-order valence-corrected chi connectivity index (χ2v) is 4.86. The molecule has 0 atom stereocenters. The number of rotatable bonds is 4. The molecule has 0 N–H and O–H groups in total. The Labute approximate surface area is 129 Å². The van der Waals surface area contributed by atoms with Crippen molar-refractivity contribution in [2.24, 2.45) is 0 Å². The maximum atomic E-state index is 12.2. The van der Waals surface area contributed by atoms with E-state index in [1.807, 2.05) is 43.3 Å². The van der Waals surface area contributed by atoms with E-state index in [9.17, 15) is 4.79 Å². The highest BCUT2D eigenvalue weighted by Crippen LogP contribution is 2.22. The van der Waals surface area contributed by atoms with Crippen LogP contribution in [0.25, 0.3) is 10.8 Å². The quantitative estimate of drug-likeness (QED) is 0.526. The highest BCUT2D eigenvalue weighted by molar-refractivity contribution is 5.92. The highest BCUT2D eigenvalue weighted by Gasteiger charge is 2.09. The number of ether oxygens (including phenoxy) is 2. The summed E-state index contributed by atoms with van der Waals surface area (Å²) >= 11 is 0. The molecule has 0 aliphatic carbocycles. The molecule has 0 bridgehead atoms. The minimum Gasteiger partial charge on any atom is -0.494 e. The molecule has 0 fully saturated rings. The van der Waals surface area contributed by atoms with Gasteiger partial charge in [0.2, 0.25) is 0 Å². The van der Waals surface area contributed by atoms with Crippen LogP contribution in [0.15, 0.2) is 66.7 Å². The van der Waals surface area contributed by atoms with Gasteiger partial charge in [0.15, 0.2) is 0 Å². The third kappa shape index (κ3) is 3.09. The van der Waals surface area contributed by atoms with Crippen molar-refractivity contribution in [3.05, 3.63) is 72.3 Å². The molecule has 0 aliphatic heterocycles. The van der Waals surface area contributed by atoms with Gasteiger partial charge in [0.25, 0.3) is 0 Å². The van der Waals surface area contributed by atoms with E-state index in [2.05, 4.69) is 0 Å². The van der Waals surface area contributed by atoms with E-state index in [0.717, 1.165) is 16.5 Å². The zero-order valence-corrected chi connectivity index (χ0v) is 12.3. The SMILES string of the molecule is CCOc1ccc(C(=O)Oc2ccc3ccccc3c2)cc1. The summed E-state index contributed by atoms with van der Waals surface area (Å²) in [5, 5.41) is 2.16. The lowest BCUT2D eigenvalue weighted by molar-refractivity contribution is 0.0735. The Hall–Kier alpha value is -2.81. The Kier molecular flexibility index (Phi) is 4.05. The van der Waals surface area contributed by atoms with Crippen molar-refractivity contribution in [1.29, 1.82) is 0 Å². The van der Waals surface area contributed by atoms with Crippen LogP contribution in [0.1, 0.15) is 17.3 Å². The summed E-state index contributed by atoms with van der Waals surface area (Å²) in [6, 6.07) is 20.5. The summed E-state index contributed by atoms with van der Waals surface area (Å²) in [6.45, 7) is 2.52. The predicted molar refractivity (Wildman–Crippen MR) is 86.5 cm³/mol. The number of esters is 1. The molecule has 22 heavy (non-hydrogen) atoms. The molecular formula is C19H16O3. The van der Waals surface area contributed by atoms with Crippen LogP contribution in [0.2, 0.25) is 0 Å². The molecule has 3 aromatic rings. The number of benzene rings is 3. The summed E-state index contributed by atoms with van der Waals surface area (Å²) in [7, 11) is 0. The Morgan fingerprint density at radius 1 is 0.864 bits per heavy atom. The highest BCUT2D eigenvalue weighted by atomic mass is 16.5. The minimum absolute atomic E-state index is 0.377. The van der Waals surface area contributed by atoms with Gasteiger partial charge in [-0.2, -0.15) is 0 Å². The van der Waals surface area contributed by atoms with E-state index < -0.39 is 0 Å². The largest absolute Gasteiger partial charge is 0.494 e. The topological polar surface area (TPSA) is 35.5 Å². The van der Waals surface area contributed by atoms with Crippen molar-refractivity contribution in [1.82, 2.24) is 0 Å². The fourth-order valence-electron chi connectivity index (χ4n) is 2.25. The van der Waals surface area contributed by atoms with Crippen LogP contribution in [0.3, 0.4) is 0 Å². The van der Waals surface area contributed by atoms with E-state index >= 15 is 0 Å². The lowest BCUT2D eigenvalue weighted by atomic mass is 10.1. The van der Waals surface area contributed by atoms with Crippen molar-refractivity contribution >= 4 is 16.7 Å². The zero-order valence-electron chi connectivity index (χ0n) is 12.3. The second-order valence-electron chi connectivity index (χ2n) is 4.86. The lowest BCUT2D eigenvalue weighted by Gasteiger charge is -2.07. The van der Waals surface area contributed by atoms with E-state index in [4.69, 9.17) is 9.47 Å². The van der Waals surface area contributed by atoms with E-state index in [1.54, 1.807) is 30.3 Å². The van der Waals surface area contributed by atoms with Gasteiger partial charge >= 0.3 is 5.97 Å². The summed E-state index contributed by atoms with van der Waals surface area (Å²) in [4.78, 5) is 12.2. The molecule has 0 aliphatic rings. The van der Waals surface area contributed by atoms with Gasteiger partial charge in [0.1, 0.15) is 11.5 Å². The van der Waals surface area contributed by atoms with Crippen molar-refractivity contribution in [2.75, 3.05) is 6.61 Å². The smallest absolute Gasteiger partial charge is 0.343 e. The summed E-state index contributed by atoms with van der Waals surface area (Å²) in [5.41, 5.74) is 0.497. The standard InChI is InChI=1S/C19H16O3/c1-2-21-17-10-8-15(9-11-17)19(20)22-18-12-7-14-5-3-4-6-16(14)13-18/h3-13H,2H2,1H3. The average Bonchev–Trinajstić information content (AvgIpc) is 2.56. The maximum absolute atomic E-state index is 12.2. The van der Waals surface area contributed by atoms with Gasteiger partial charge in [-0.1, -0.05) is 30.3 Å². The van der Waals surface area contributed by atoms with Crippen LogP contribution in [-0.4, -0.2) is 12.6 Å². The van der Waals surface area contributed by atoms with E-state index in [1.165, 1.54) is 0 Å². The molecule has 0 heterocycles. The summed E-state index contributed by atoms with van der Waals surface area (Å²) < 4.78 is 10.8. The van der Waals surface area contributed by atoms with E-state index in [-0.39, 0.29) is 5.97 Å². The van der Waals surface area contributed by atoms with Gasteiger partial charge in [0, 0.05) is 0 Å². The Morgan fingerprint density at radius 2 is 1.55 bits per heavy atom. The first kappa shape index (κ1) is 14.1. The first-order valence-electron chi connectivity index (χ1n) is 7.20. The maximum Gasteiger partial charge on any atom is 0.343 e. The lowest BCUT2D eigenvalue weighted by Crippen LogP contribution is -2.08. The fourth-order valence-corrected chi connectivity index (χ4v) is 2.25.